The first-order chi connectivity index (χ1) is 8.52. The molecular weight excluding hydrogens is 254 g/mol. The number of benzene rings is 1. The Hall–Kier alpha value is -1.94. The molecule has 0 amide bonds. The molecule has 0 bridgehead atoms. The molecule has 0 aliphatic carbocycles. The van der Waals surface area contributed by atoms with Crippen LogP contribution >= 0.6 is 11.6 Å². The van der Waals surface area contributed by atoms with Crippen LogP contribution in [0.25, 0.3) is 17.0 Å². The van der Waals surface area contributed by atoms with Gasteiger partial charge in [-0.2, -0.15) is 0 Å². The summed E-state index contributed by atoms with van der Waals surface area (Å²) in [7, 11) is 1.54. The summed E-state index contributed by atoms with van der Waals surface area (Å²) in [6.07, 6.45) is 2.67. The van der Waals surface area contributed by atoms with Crippen LogP contribution in [0.4, 0.5) is 0 Å². The molecule has 0 unspecified atom stereocenters. The van der Waals surface area contributed by atoms with Crippen LogP contribution in [0.2, 0.25) is 5.02 Å². The van der Waals surface area contributed by atoms with Crippen molar-refractivity contribution in [1.29, 1.82) is 0 Å². The lowest BCUT2D eigenvalue weighted by molar-refractivity contribution is -0.131. The van der Waals surface area contributed by atoms with Crippen LogP contribution < -0.4 is 4.74 Å². The van der Waals surface area contributed by atoms with E-state index in [1.54, 1.807) is 25.3 Å². The zero-order valence-corrected chi connectivity index (χ0v) is 10.7. The Morgan fingerprint density at radius 3 is 2.83 bits per heavy atom. The van der Waals surface area contributed by atoms with Crippen LogP contribution in [0.3, 0.4) is 0 Å². The molecule has 2 aromatic rings. The molecule has 0 saturated heterocycles. The van der Waals surface area contributed by atoms with E-state index in [2.05, 4.69) is 4.98 Å². The van der Waals surface area contributed by atoms with Gasteiger partial charge >= 0.3 is 5.97 Å². The van der Waals surface area contributed by atoms with Crippen LogP contribution in [0.1, 0.15) is 11.3 Å². The lowest BCUT2D eigenvalue weighted by atomic mass is 10.1. The summed E-state index contributed by atoms with van der Waals surface area (Å²) in [4.78, 5) is 13.7. The van der Waals surface area contributed by atoms with Crippen LogP contribution in [-0.4, -0.2) is 23.2 Å². The number of carboxylic acid groups (broad SMARTS) is 1. The summed E-state index contributed by atoms with van der Waals surface area (Å²) < 4.78 is 5.16. The van der Waals surface area contributed by atoms with E-state index in [0.29, 0.717) is 10.8 Å². The average Bonchev–Trinajstić information content (AvgIpc) is 2.60. The average molecular weight is 266 g/mol. The molecule has 1 heterocycles. The number of aliphatic carboxylic acids is 1. The van der Waals surface area contributed by atoms with Gasteiger partial charge in [0, 0.05) is 28.2 Å². The number of halogens is 1. The van der Waals surface area contributed by atoms with E-state index < -0.39 is 5.97 Å². The molecule has 1 aromatic heterocycles. The molecule has 5 heteroatoms. The first-order valence-corrected chi connectivity index (χ1v) is 5.67. The minimum absolute atomic E-state index is 0.514. The van der Waals surface area contributed by atoms with Gasteiger partial charge in [-0.25, -0.2) is 4.79 Å². The maximum atomic E-state index is 10.6. The highest BCUT2D eigenvalue weighted by Gasteiger charge is 2.10. The van der Waals surface area contributed by atoms with Crippen molar-refractivity contribution in [2.45, 2.75) is 6.92 Å². The van der Waals surface area contributed by atoms with Gasteiger partial charge in [0.05, 0.1) is 12.1 Å². The van der Waals surface area contributed by atoms with Crippen LogP contribution in [0, 0.1) is 6.92 Å². The number of rotatable bonds is 3. The minimum Gasteiger partial charge on any atom is -0.495 e. The normalized spacial score (nSPS) is 11.3. The number of carboxylic acids is 1. The number of ether oxygens (including phenoxy) is 1. The maximum absolute atomic E-state index is 10.6. The fourth-order valence-corrected chi connectivity index (χ4v) is 2.12. The molecule has 0 aliphatic heterocycles. The number of aryl methyl sites for hydroxylation is 1. The molecule has 2 rings (SSSR count). The van der Waals surface area contributed by atoms with Gasteiger partial charge in [-0.1, -0.05) is 11.6 Å². The fraction of sp³-hybridized carbons (Fsp3) is 0.154. The summed E-state index contributed by atoms with van der Waals surface area (Å²) in [6, 6.07) is 3.56. The van der Waals surface area contributed by atoms with E-state index >= 15 is 0 Å². The Labute approximate surface area is 109 Å². The smallest absolute Gasteiger partial charge is 0.328 e. The van der Waals surface area contributed by atoms with E-state index in [9.17, 15) is 4.79 Å². The third-order valence-corrected chi connectivity index (χ3v) is 3.00. The Morgan fingerprint density at radius 2 is 2.22 bits per heavy atom. The summed E-state index contributed by atoms with van der Waals surface area (Å²) in [5, 5.41) is 10.1. The number of hydrogen-bond donors (Lipinski definition) is 2. The van der Waals surface area contributed by atoms with Gasteiger partial charge in [0.1, 0.15) is 5.75 Å². The number of fused-ring (bicyclic) bond motifs is 1. The molecule has 0 radical (unpaired) electrons. The number of aromatic nitrogens is 1. The van der Waals surface area contributed by atoms with Gasteiger partial charge in [-0.3, -0.25) is 0 Å². The highest BCUT2D eigenvalue weighted by atomic mass is 35.5. The van der Waals surface area contributed by atoms with E-state index in [0.717, 1.165) is 28.2 Å². The highest BCUT2D eigenvalue weighted by molar-refractivity contribution is 6.32. The maximum Gasteiger partial charge on any atom is 0.328 e. The van der Waals surface area contributed by atoms with Gasteiger partial charge in [-0.15, -0.1) is 0 Å². The Morgan fingerprint density at radius 1 is 1.50 bits per heavy atom. The number of hydrogen-bond acceptors (Lipinski definition) is 2. The first kappa shape index (κ1) is 12.5. The Balaban J connectivity index is 2.65. The zero-order valence-electron chi connectivity index (χ0n) is 9.95. The molecule has 18 heavy (non-hydrogen) atoms. The summed E-state index contributed by atoms with van der Waals surface area (Å²) in [5.41, 5.74) is 2.55. The largest absolute Gasteiger partial charge is 0.495 e. The number of H-pyrrole nitrogens is 1. The molecular formula is C13H12ClNO3. The van der Waals surface area contributed by atoms with Crippen LogP contribution in [0.5, 0.6) is 5.75 Å². The molecule has 0 atom stereocenters. The fourth-order valence-electron chi connectivity index (χ4n) is 1.88. The van der Waals surface area contributed by atoms with Gasteiger partial charge in [0.2, 0.25) is 0 Å². The predicted octanol–water partition coefficient (Wildman–Crippen LogP) is 3.24. The lowest BCUT2D eigenvalue weighted by Crippen LogP contribution is -1.86. The third kappa shape index (κ3) is 2.19. The first-order valence-electron chi connectivity index (χ1n) is 5.29. The van der Waals surface area contributed by atoms with Crippen molar-refractivity contribution in [3.8, 4) is 5.75 Å². The van der Waals surface area contributed by atoms with Gasteiger partial charge in [0.15, 0.2) is 0 Å². The standard InChI is InChI=1S/C13H12ClNO3/c1-7-8(3-4-13(16)17)9-5-12(18-2)10(14)6-11(9)15-7/h3-6,15H,1-2H3,(H,16,17)/b4-3+. The van der Waals surface area contributed by atoms with Crippen LogP contribution in [-0.2, 0) is 4.79 Å². The van der Waals surface area contributed by atoms with Gasteiger partial charge in [-0.05, 0) is 25.1 Å². The van der Waals surface area contributed by atoms with Crippen molar-refractivity contribution in [1.82, 2.24) is 4.98 Å². The quantitative estimate of drug-likeness (QED) is 0.838. The van der Waals surface area contributed by atoms with Gasteiger partial charge in [0.25, 0.3) is 0 Å². The molecule has 0 spiro atoms. The minimum atomic E-state index is -0.982. The van der Waals surface area contributed by atoms with Crippen molar-refractivity contribution in [2.75, 3.05) is 7.11 Å². The van der Waals surface area contributed by atoms with Crippen molar-refractivity contribution >= 4 is 34.5 Å². The van der Waals surface area contributed by atoms with E-state index in [1.165, 1.54) is 0 Å². The molecule has 0 saturated carbocycles. The SMILES string of the molecule is COc1cc2c(/C=C/C(=O)O)c(C)[nH]c2cc1Cl. The van der Waals surface area contributed by atoms with Crippen molar-refractivity contribution in [2.24, 2.45) is 0 Å². The Bertz CT molecular complexity index is 643. The summed E-state index contributed by atoms with van der Waals surface area (Å²) in [6.45, 7) is 1.88. The summed E-state index contributed by atoms with van der Waals surface area (Å²) in [5.74, 6) is -0.419. The second-order valence-corrected chi connectivity index (χ2v) is 4.27. The van der Waals surface area contributed by atoms with Crippen LogP contribution in [0.15, 0.2) is 18.2 Å². The lowest BCUT2D eigenvalue weighted by Gasteiger charge is -2.03. The molecule has 0 fully saturated rings. The number of aromatic amines is 1. The van der Waals surface area contributed by atoms with E-state index in [1.807, 2.05) is 6.92 Å². The zero-order chi connectivity index (χ0) is 13.3. The highest BCUT2D eigenvalue weighted by Crippen LogP contribution is 2.33. The van der Waals surface area contributed by atoms with E-state index in [4.69, 9.17) is 21.4 Å². The van der Waals surface area contributed by atoms with E-state index in [-0.39, 0.29) is 0 Å². The Kier molecular flexibility index (Phi) is 3.30. The second-order valence-electron chi connectivity index (χ2n) is 3.87. The molecule has 2 N–H and O–H groups in total. The topological polar surface area (TPSA) is 62.3 Å². The number of carbonyl (C=O) groups is 1. The number of nitrogens with one attached hydrogen (secondary N) is 1. The molecule has 1 aromatic carbocycles. The van der Waals surface area contributed by atoms with Crippen molar-refractivity contribution < 1.29 is 14.6 Å². The van der Waals surface area contributed by atoms with Crippen molar-refractivity contribution in [3.05, 3.63) is 34.5 Å². The molecule has 0 aliphatic rings. The second kappa shape index (κ2) is 4.74. The monoisotopic (exact) mass is 265 g/mol. The summed E-state index contributed by atoms with van der Waals surface area (Å²) >= 11 is 6.04. The molecule has 94 valence electrons. The third-order valence-electron chi connectivity index (χ3n) is 2.70. The van der Waals surface area contributed by atoms with Gasteiger partial charge < -0.3 is 14.8 Å². The van der Waals surface area contributed by atoms with Crippen molar-refractivity contribution in [3.63, 3.8) is 0 Å². The predicted molar refractivity (Wildman–Crippen MR) is 71.3 cm³/mol. The molecule has 4 nitrogen and oxygen atoms in total. The number of methoxy groups -OCH3 is 1.